The van der Waals surface area contributed by atoms with E-state index in [9.17, 15) is 9.59 Å². The van der Waals surface area contributed by atoms with E-state index in [0.29, 0.717) is 19.5 Å². The molecule has 1 aliphatic rings. The average Bonchev–Trinajstić information content (AvgIpc) is 2.79. The molecule has 0 bridgehead atoms. The molecule has 2 atom stereocenters. The summed E-state index contributed by atoms with van der Waals surface area (Å²) in [4.78, 5) is 26.3. The van der Waals surface area contributed by atoms with Crippen LogP contribution in [0.5, 0.6) is 5.75 Å². The largest absolute Gasteiger partial charge is 0.489 e. The molecule has 3 rings (SSSR count). The Morgan fingerprint density at radius 3 is 2.63 bits per heavy atom. The summed E-state index contributed by atoms with van der Waals surface area (Å²) >= 11 is 0. The van der Waals surface area contributed by atoms with Gasteiger partial charge < -0.3 is 15.8 Å². The van der Waals surface area contributed by atoms with E-state index in [1.165, 1.54) is 0 Å². The Kier molecular flexibility index (Phi) is 6.08. The van der Waals surface area contributed by atoms with Gasteiger partial charge in [0, 0.05) is 25.1 Å². The van der Waals surface area contributed by atoms with Crippen LogP contribution in [0.4, 0.5) is 0 Å². The maximum atomic E-state index is 12.5. The third-order valence-corrected chi connectivity index (χ3v) is 4.54. The number of nitrogens with two attached hydrogens (primary N) is 1. The number of nitrogens with one attached hydrogen (secondary N) is 1. The summed E-state index contributed by atoms with van der Waals surface area (Å²) in [5, 5.41) is 2.78. The monoisotopic (exact) mass is 367 g/mol. The first-order valence-electron chi connectivity index (χ1n) is 9.11. The number of amides is 2. The van der Waals surface area contributed by atoms with Crippen molar-refractivity contribution in [3.63, 3.8) is 0 Å². The zero-order valence-corrected chi connectivity index (χ0v) is 15.4. The number of carbonyl (C=O) groups is 2. The van der Waals surface area contributed by atoms with Gasteiger partial charge in [0.15, 0.2) is 0 Å². The van der Waals surface area contributed by atoms with E-state index in [2.05, 4.69) is 5.32 Å². The number of carbonyl (C=O) groups excluding carboxylic acids is 2. The highest BCUT2D eigenvalue weighted by atomic mass is 16.5. The maximum Gasteiger partial charge on any atom is 0.240 e. The number of primary amides is 1. The molecule has 0 aromatic heterocycles. The van der Waals surface area contributed by atoms with Crippen molar-refractivity contribution >= 4 is 11.8 Å². The molecule has 0 unspecified atom stereocenters. The number of fused-ring (bicyclic) bond motifs is 1. The topological polar surface area (TPSA) is 84.7 Å². The number of hydrogen-bond donors (Lipinski definition) is 2. The first-order valence-corrected chi connectivity index (χ1v) is 9.11. The quantitative estimate of drug-likeness (QED) is 0.810. The van der Waals surface area contributed by atoms with Crippen molar-refractivity contribution in [1.29, 1.82) is 0 Å². The van der Waals surface area contributed by atoms with Crippen LogP contribution in [0, 0.1) is 0 Å². The molecule has 1 heterocycles. The minimum Gasteiger partial charge on any atom is -0.489 e. The van der Waals surface area contributed by atoms with Gasteiger partial charge in [0.25, 0.3) is 0 Å². The van der Waals surface area contributed by atoms with Gasteiger partial charge >= 0.3 is 0 Å². The summed E-state index contributed by atoms with van der Waals surface area (Å²) in [6, 6.07) is 16.6. The lowest BCUT2D eigenvalue weighted by Gasteiger charge is -2.23. The van der Waals surface area contributed by atoms with Crippen molar-refractivity contribution in [3.8, 4) is 5.75 Å². The number of hydrogen-bond acceptors (Lipinski definition) is 4. The van der Waals surface area contributed by atoms with Crippen LogP contribution in [0.1, 0.15) is 18.1 Å². The molecule has 0 spiro atoms. The SMILES string of the molecule is C[C@@H]1CN(CC(=O)N[C@@H](Cc2ccccc2)C(N)=O)Cc2ccccc2O1. The van der Waals surface area contributed by atoms with Crippen molar-refractivity contribution in [1.82, 2.24) is 10.2 Å². The molecule has 2 aromatic carbocycles. The Balaban J connectivity index is 1.62. The van der Waals surface area contributed by atoms with E-state index < -0.39 is 11.9 Å². The van der Waals surface area contributed by atoms with E-state index in [1.807, 2.05) is 66.4 Å². The fourth-order valence-corrected chi connectivity index (χ4v) is 3.31. The predicted molar refractivity (Wildman–Crippen MR) is 103 cm³/mol. The van der Waals surface area contributed by atoms with E-state index in [-0.39, 0.29) is 18.6 Å². The third kappa shape index (κ3) is 5.31. The second-order valence-corrected chi connectivity index (χ2v) is 6.92. The minimum atomic E-state index is -0.729. The lowest BCUT2D eigenvalue weighted by molar-refractivity contribution is -0.128. The van der Waals surface area contributed by atoms with Crippen molar-refractivity contribution in [2.24, 2.45) is 5.73 Å². The molecule has 0 fully saturated rings. The number of para-hydroxylation sites is 1. The molecule has 0 aliphatic carbocycles. The second-order valence-electron chi connectivity index (χ2n) is 6.92. The number of nitrogens with zero attached hydrogens (tertiary/aromatic N) is 1. The lowest BCUT2D eigenvalue weighted by atomic mass is 10.1. The molecule has 0 saturated carbocycles. The molecular weight excluding hydrogens is 342 g/mol. The summed E-state index contributed by atoms with van der Waals surface area (Å²) in [5.41, 5.74) is 7.49. The number of benzene rings is 2. The van der Waals surface area contributed by atoms with E-state index in [4.69, 9.17) is 10.5 Å². The molecular formula is C21H25N3O3. The molecule has 1 aliphatic heterocycles. The van der Waals surface area contributed by atoms with Crippen LogP contribution in [-0.2, 0) is 22.6 Å². The highest BCUT2D eigenvalue weighted by Crippen LogP contribution is 2.24. The Morgan fingerprint density at radius 1 is 1.19 bits per heavy atom. The van der Waals surface area contributed by atoms with Crippen LogP contribution in [0.25, 0.3) is 0 Å². The smallest absolute Gasteiger partial charge is 0.240 e. The minimum absolute atomic E-state index is 0.0299. The molecule has 0 radical (unpaired) electrons. The van der Waals surface area contributed by atoms with Crippen LogP contribution in [0.2, 0.25) is 0 Å². The highest BCUT2D eigenvalue weighted by Gasteiger charge is 2.24. The summed E-state index contributed by atoms with van der Waals surface area (Å²) in [5.74, 6) is 0.0958. The summed E-state index contributed by atoms with van der Waals surface area (Å²) in [6.07, 6.45) is 0.349. The van der Waals surface area contributed by atoms with E-state index in [0.717, 1.165) is 16.9 Å². The standard InChI is InChI=1S/C21H25N3O3/c1-15-12-24(13-17-9-5-6-10-19(17)27-15)14-20(25)23-18(21(22)26)11-16-7-3-2-4-8-16/h2-10,15,18H,11-14H2,1H3,(H2,22,26)(H,23,25)/t15-,18+/m1/s1. The van der Waals surface area contributed by atoms with Crippen LogP contribution >= 0.6 is 0 Å². The van der Waals surface area contributed by atoms with Gasteiger partial charge in [-0.25, -0.2) is 0 Å². The normalized spacial score (nSPS) is 17.9. The van der Waals surface area contributed by atoms with E-state index in [1.54, 1.807) is 0 Å². The zero-order valence-electron chi connectivity index (χ0n) is 15.4. The number of ether oxygens (including phenoxy) is 1. The lowest BCUT2D eigenvalue weighted by Crippen LogP contribution is -2.49. The van der Waals surface area contributed by atoms with Crippen LogP contribution in [0.15, 0.2) is 54.6 Å². The molecule has 2 aromatic rings. The van der Waals surface area contributed by atoms with Crippen LogP contribution in [-0.4, -0.2) is 41.9 Å². The Bertz CT molecular complexity index is 794. The van der Waals surface area contributed by atoms with Crippen LogP contribution in [0.3, 0.4) is 0 Å². The molecule has 27 heavy (non-hydrogen) atoms. The second kappa shape index (κ2) is 8.68. The van der Waals surface area contributed by atoms with Gasteiger partial charge in [-0.3, -0.25) is 14.5 Å². The predicted octanol–water partition coefficient (Wildman–Crippen LogP) is 1.48. The van der Waals surface area contributed by atoms with Gasteiger partial charge in [0.05, 0.1) is 6.54 Å². The van der Waals surface area contributed by atoms with Gasteiger partial charge in [-0.1, -0.05) is 48.5 Å². The molecule has 0 saturated heterocycles. The summed E-state index contributed by atoms with van der Waals surface area (Å²) < 4.78 is 5.92. The Morgan fingerprint density at radius 2 is 1.89 bits per heavy atom. The Labute approximate surface area is 159 Å². The molecule has 6 heteroatoms. The molecule has 2 amide bonds. The summed E-state index contributed by atoms with van der Waals surface area (Å²) in [7, 11) is 0. The van der Waals surface area contributed by atoms with E-state index >= 15 is 0 Å². The van der Waals surface area contributed by atoms with Gasteiger partial charge in [-0.2, -0.15) is 0 Å². The molecule has 3 N–H and O–H groups in total. The first-order chi connectivity index (χ1) is 13.0. The van der Waals surface area contributed by atoms with Gasteiger partial charge in [0.1, 0.15) is 17.9 Å². The van der Waals surface area contributed by atoms with Crippen molar-refractivity contribution in [2.75, 3.05) is 13.1 Å². The Hall–Kier alpha value is -2.86. The fourth-order valence-electron chi connectivity index (χ4n) is 3.31. The van der Waals surface area contributed by atoms with Gasteiger partial charge in [0.2, 0.25) is 11.8 Å². The fraction of sp³-hybridized carbons (Fsp3) is 0.333. The average molecular weight is 367 g/mol. The van der Waals surface area contributed by atoms with Crippen molar-refractivity contribution in [2.45, 2.75) is 32.0 Å². The highest BCUT2D eigenvalue weighted by molar-refractivity contribution is 5.87. The first kappa shape index (κ1) is 18.9. The summed E-state index contributed by atoms with van der Waals surface area (Å²) in [6.45, 7) is 3.41. The zero-order chi connectivity index (χ0) is 19.2. The third-order valence-electron chi connectivity index (χ3n) is 4.54. The van der Waals surface area contributed by atoms with Gasteiger partial charge in [-0.15, -0.1) is 0 Å². The van der Waals surface area contributed by atoms with Crippen LogP contribution < -0.4 is 15.8 Å². The van der Waals surface area contributed by atoms with Gasteiger partial charge in [-0.05, 0) is 18.6 Å². The maximum absolute atomic E-state index is 12.5. The van der Waals surface area contributed by atoms with Crippen molar-refractivity contribution < 1.29 is 14.3 Å². The molecule has 6 nitrogen and oxygen atoms in total. The molecule has 142 valence electrons. The number of rotatable bonds is 6. The van der Waals surface area contributed by atoms with Crippen molar-refractivity contribution in [3.05, 3.63) is 65.7 Å².